The van der Waals surface area contributed by atoms with Crippen LogP contribution in [0.15, 0.2) is 40.1 Å². The van der Waals surface area contributed by atoms with E-state index in [1.54, 1.807) is 36.0 Å². The van der Waals surface area contributed by atoms with Gasteiger partial charge in [0.1, 0.15) is 17.9 Å². The molecule has 0 amide bonds. The van der Waals surface area contributed by atoms with Gasteiger partial charge in [0, 0.05) is 19.1 Å². The molecule has 0 spiro atoms. The van der Waals surface area contributed by atoms with E-state index >= 15 is 0 Å². The van der Waals surface area contributed by atoms with Crippen LogP contribution in [0, 0.1) is 12.7 Å². The molecule has 0 aliphatic carbocycles. The van der Waals surface area contributed by atoms with Crippen LogP contribution in [-0.4, -0.2) is 26.3 Å². The van der Waals surface area contributed by atoms with Crippen LogP contribution in [0.4, 0.5) is 4.39 Å². The predicted molar refractivity (Wildman–Crippen MR) is 92.1 cm³/mol. The second-order valence-electron chi connectivity index (χ2n) is 4.87. The van der Waals surface area contributed by atoms with Crippen molar-refractivity contribution in [3.05, 3.63) is 53.8 Å². The van der Waals surface area contributed by atoms with Gasteiger partial charge < -0.3 is 10.2 Å². The van der Waals surface area contributed by atoms with E-state index < -0.39 is 0 Å². The summed E-state index contributed by atoms with van der Waals surface area (Å²) in [5, 5.41) is 8.91. The van der Waals surface area contributed by atoms with Crippen molar-refractivity contribution in [1.29, 1.82) is 0 Å². The Morgan fingerprint density at radius 3 is 2.75 bits per heavy atom. The Hall–Kier alpha value is -1.90. The summed E-state index contributed by atoms with van der Waals surface area (Å²) >= 11 is 1.42. The van der Waals surface area contributed by atoms with Crippen LogP contribution in [0.2, 0.25) is 0 Å². The van der Waals surface area contributed by atoms with Crippen molar-refractivity contribution in [2.24, 2.45) is 5.73 Å². The fourth-order valence-electron chi connectivity index (χ4n) is 2.17. The summed E-state index contributed by atoms with van der Waals surface area (Å²) in [5.74, 6) is 1.48. The highest BCUT2D eigenvalue weighted by molar-refractivity contribution is 7.98. The first-order valence-corrected chi connectivity index (χ1v) is 8.10. The molecule has 2 N–H and O–H groups in total. The Labute approximate surface area is 149 Å². The van der Waals surface area contributed by atoms with Crippen LogP contribution in [0.5, 0.6) is 0 Å². The molecule has 3 aromatic rings. The monoisotopic (exact) mass is 369 g/mol. The van der Waals surface area contributed by atoms with Crippen LogP contribution in [0.1, 0.15) is 17.4 Å². The largest absolute Gasteiger partial charge is 0.449 e. The highest BCUT2D eigenvalue weighted by atomic mass is 35.5. The number of oxazole rings is 1. The van der Waals surface area contributed by atoms with Gasteiger partial charge in [-0.1, -0.05) is 23.9 Å². The SMILES string of the molecule is Cc1nc(CSc2nnc(CCN)n2-c2ccccc2F)co1.Cl. The van der Waals surface area contributed by atoms with Crippen molar-refractivity contribution in [1.82, 2.24) is 19.7 Å². The standard InChI is InChI=1S/C15H16FN5OS.ClH/c1-10-18-11(8-22-10)9-23-15-20-19-14(6-7-17)21(15)13-5-3-2-4-12(13)16;/h2-5,8H,6-7,9,17H2,1H3;1H. The summed E-state index contributed by atoms with van der Waals surface area (Å²) in [4.78, 5) is 4.25. The minimum Gasteiger partial charge on any atom is -0.449 e. The number of hydrogen-bond acceptors (Lipinski definition) is 6. The van der Waals surface area contributed by atoms with Gasteiger partial charge in [-0.3, -0.25) is 4.57 Å². The number of aryl methyl sites for hydroxylation is 1. The Bertz CT molecular complexity index is 807. The minimum atomic E-state index is -0.329. The fraction of sp³-hybridized carbons (Fsp3) is 0.267. The number of para-hydroxylation sites is 1. The number of rotatable bonds is 6. The van der Waals surface area contributed by atoms with E-state index in [1.807, 2.05) is 0 Å². The zero-order chi connectivity index (χ0) is 16.2. The van der Waals surface area contributed by atoms with E-state index in [0.717, 1.165) is 5.69 Å². The van der Waals surface area contributed by atoms with Crippen molar-refractivity contribution in [2.45, 2.75) is 24.3 Å². The van der Waals surface area contributed by atoms with Crippen LogP contribution in [-0.2, 0) is 12.2 Å². The summed E-state index contributed by atoms with van der Waals surface area (Å²) in [6, 6.07) is 6.54. The molecular weight excluding hydrogens is 353 g/mol. The lowest BCUT2D eigenvalue weighted by Gasteiger charge is -2.10. The van der Waals surface area contributed by atoms with Gasteiger partial charge in [0.05, 0.1) is 11.4 Å². The number of nitrogens with two attached hydrogens (primary N) is 1. The molecule has 0 saturated carbocycles. The third-order valence-corrected chi connectivity index (χ3v) is 4.14. The number of halogens is 2. The number of benzene rings is 1. The molecule has 0 bridgehead atoms. The predicted octanol–water partition coefficient (Wildman–Crippen LogP) is 2.92. The number of nitrogens with zero attached hydrogens (tertiary/aromatic N) is 4. The first-order chi connectivity index (χ1) is 11.2. The maximum atomic E-state index is 14.2. The molecule has 0 atom stereocenters. The quantitative estimate of drug-likeness (QED) is 0.673. The lowest BCUT2D eigenvalue weighted by atomic mass is 10.3. The lowest BCUT2D eigenvalue weighted by Crippen LogP contribution is -2.10. The Morgan fingerprint density at radius 1 is 1.29 bits per heavy atom. The summed E-state index contributed by atoms with van der Waals surface area (Å²) in [5.41, 5.74) is 6.84. The van der Waals surface area contributed by atoms with Crippen molar-refractivity contribution in [3.63, 3.8) is 0 Å². The molecule has 2 aromatic heterocycles. The van der Waals surface area contributed by atoms with Gasteiger partial charge in [-0.2, -0.15) is 0 Å². The molecule has 0 fully saturated rings. The van der Waals surface area contributed by atoms with Gasteiger partial charge in [0.15, 0.2) is 11.0 Å². The minimum absolute atomic E-state index is 0. The van der Waals surface area contributed by atoms with Crippen LogP contribution >= 0.6 is 24.2 Å². The van der Waals surface area contributed by atoms with Crippen molar-refractivity contribution in [3.8, 4) is 5.69 Å². The summed E-state index contributed by atoms with van der Waals surface area (Å²) in [6.07, 6.45) is 2.12. The normalized spacial score (nSPS) is 10.6. The third-order valence-electron chi connectivity index (χ3n) is 3.18. The average Bonchev–Trinajstić information content (AvgIpc) is 3.13. The van der Waals surface area contributed by atoms with Crippen LogP contribution < -0.4 is 5.73 Å². The molecule has 1 aromatic carbocycles. The Kier molecular flexibility index (Phi) is 6.36. The highest BCUT2D eigenvalue weighted by Gasteiger charge is 2.17. The molecule has 0 aliphatic rings. The second kappa shape index (κ2) is 8.27. The van der Waals surface area contributed by atoms with Crippen molar-refractivity contribution < 1.29 is 8.81 Å². The van der Waals surface area contributed by atoms with Gasteiger partial charge in [-0.05, 0) is 18.7 Å². The van der Waals surface area contributed by atoms with E-state index in [-0.39, 0.29) is 18.2 Å². The fourth-order valence-corrected chi connectivity index (χ4v) is 3.01. The molecule has 6 nitrogen and oxygen atoms in total. The third kappa shape index (κ3) is 3.95. The van der Waals surface area contributed by atoms with Crippen molar-refractivity contribution >= 4 is 24.2 Å². The van der Waals surface area contributed by atoms with Crippen LogP contribution in [0.3, 0.4) is 0 Å². The van der Waals surface area contributed by atoms with E-state index in [2.05, 4.69) is 15.2 Å². The maximum Gasteiger partial charge on any atom is 0.196 e. The first-order valence-electron chi connectivity index (χ1n) is 7.12. The Balaban J connectivity index is 0.00000208. The van der Waals surface area contributed by atoms with E-state index in [4.69, 9.17) is 10.2 Å². The molecular formula is C15H17ClFN5OS. The van der Waals surface area contributed by atoms with Gasteiger partial charge in [-0.15, -0.1) is 22.6 Å². The molecule has 3 rings (SSSR count). The lowest BCUT2D eigenvalue weighted by molar-refractivity contribution is 0.521. The summed E-state index contributed by atoms with van der Waals surface area (Å²) in [6.45, 7) is 2.20. The van der Waals surface area contributed by atoms with Gasteiger partial charge in [0.25, 0.3) is 0 Å². The first kappa shape index (κ1) is 18.4. The maximum absolute atomic E-state index is 14.2. The molecule has 2 heterocycles. The molecule has 0 saturated heterocycles. The van der Waals surface area contributed by atoms with Gasteiger partial charge in [-0.25, -0.2) is 9.37 Å². The van der Waals surface area contributed by atoms with Crippen molar-refractivity contribution in [2.75, 3.05) is 6.54 Å². The van der Waals surface area contributed by atoms with Crippen LogP contribution in [0.25, 0.3) is 5.69 Å². The average molecular weight is 370 g/mol. The smallest absolute Gasteiger partial charge is 0.196 e. The van der Waals surface area contributed by atoms with E-state index in [1.165, 1.54) is 17.8 Å². The number of aromatic nitrogens is 4. The second-order valence-corrected chi connectivity index (χ2v) is 5.81. The number of hydrogen-bond donors (Lipinski definition) is 1. The molecule has 0 radical (unpaired) electrons. The highest BCUT2D eigenvalue weighted by Crippen LogP contribution is 2.26. The molecule has 0 aliphatic heterocycles. The molecule has 9 heteroatoms. The molecule has 0 unspecified atom stereocenters. The summed E-state index contributed by atoms with van der Waals surface area (Å²) < 4.78 is 21.1. The van der Waals surface area contributed by atoms with E-state index in [0.29, 0.717) is 41.3 Å². The summed E-state index contributed by atoms with van der Waals surface area (Å²) in [7, 11) is 0. The Morgan fingerprint density at radius 2 is 2.08 bits per heavy atom. The zero-order valence-electron chi connectivity index (χ0n) is 13.0. The van der Waals surface area contributed by atoms with Gasteiger partial charge >= 0.3 is 0 Å². The van der Waals surface area contributed by atoms with Gasteiger partial charge in [0.2, 0.25) is 0 Å². The number of thioether (sulfide) groups is 1. The molecule has 24 heavy (non-hydrogen) atoms. The van der Waals surface area contributed by atoms with E-state index in [9.17, 15) is 4.39 Å². The topological polar surface area (TPSA) is 82.8 Å². The zero-order valence-corrected chi connectivity index (χ0v) is 14.6. The molecule has 128 valence electrons.